The van der Waals surface area contributed by atoms with Crippen molar-refractivity contribution in [2.75, 3.05) is 37.4 Å². The van der Waals surface area contributed by atoms with Crippen LogP contribution >= 0.6 is 11.6 Å². The van der Waals surface area contributed by atoms with Gasteiger partial charge in [-0.1, -0.05) is 18.5 Å². The number of sulfonamides is 1. The molecule has 3 amide bonds. The minimum atomic E-state index is -3.87. The Hall–Kier alpha value is -3.71. The number of benzene rings is 3. The molecule has 0 aliphatic carbocycles. The van der Waals surface area contributed by atoms with E-state index in [2.05, 4.69) is 10.6 Å². The number of halogens is 2. The maximum atomic E-state index is 13.7. The summed E-state index contributed by atoms with van der Waals surface area (Å²) in [4.78, 5) is 27.8. The number of ether oxygens (including phenoxy) is 1. The third-order valence-electron chi connectivity index (χ3n) is 6.98. The van der Waals surface area contributed by atoms with E-state index in [0.29, 0.717) is 10.7 Å². The van der Waals surface area contributed by atoms with Crippen molar-refractivity contribution in [2.24, 2.45) is 5.92 Å². The summed E-state index contributed by atoms with van der Waals surface area (Å²) in [6, 6.07) is 14.5. The zero-order chi connectivity index (χ0) is 30.6. The average Bonchev–Trinajstić information content (AvgIpc) is 2.96. The summed E-state index contributed by atoms with van der Waals surface area (Å²) >= 11 is 5.92. The molecule has 13 heteroatoms. The smallest absolute Gasteiger partial charge is 0.323 e. The van der Waals surface area contributed by atoms with E-state index in [9.17, 15) is 27.5 Å². The number of likely N-dealkylation sites (N-methyl/N-ethyl adjacent to an activating group) is 1. The first-order valence-electron chi connectivity index (χ1n) is 13.2. The highest BCUT2D eigenvalue weighted by molar-refractivity contribution is 7.89. The summed E-state index contributed by atoms with van der Waals surface area (Å²) in [5.41, 5.74) is 0.793. The molecule has 0 radical (unpaired) electrons. The Balaban J connectivity index is 1.61. The van der Waals surface area contributed by atoms with E-state index in [1.807, 2.05) is 6.92 Å². The minimum absolute atomic E-state index is 0.0266. The zero-order valence-electron chi connectivity index (χ0n) is 23.3. The minimum Gasteiger partial charge on any atom is -0.488 e. The predicted molar refractivity (Wildman–Crippen MR) is 158 cm³/mol. The average molecular weight is 619 g/mol. The first kappa shape index (κ1) is 31.2. The van der Waals surface area contributed by atoms with E-state index < -0.39 is 39.9 Å². The highest BCUT2D eigenvalue weighted by Gasteiger charge is 2.35. The zero-order valence-corrected chi connectivity index (χ0v) is 24.8. The summed E-state index contributed by atoms with van der Waals surface area (Å²) in [5.74, 6) is -0.975. The molecule has 0 aromatic heterocycles. The lowest BCUT2D eigenvalue weighted by molar-refractivity contribution is 0.0387. The van der Waals surface area contributed by atoms with Crippen LogP contribution < -0.4 is 15.4 Å². The summed E-state index contributed by atoms with van der Waals surface area (Å²) in [6.07, 6.45) is -0.669. The molecule has 0 saturated carbocycles. The van der Waals surface area contributed by atoms with Gasteiger partial charge in [0.2, 0.25) is 10.0 Å². The normalized spacial score (nSPS) is 18.0. The second-order valence-electron chi connectivity index (χ2n) is 10.2. The number of amides is 3. The van der Waals surface area contributed by atoms with Crippen molar-refractivity contribution in [3.8, 4) is 5.75 Å². The van der Waals surface area contributed by atoms with Gasteiger partial charge in [-0.3, -0.25) is 4.79 Å². The lowest BCUT2D eigenvalue weighted by Gasteiger charge is -2.38. The van der Waals surface area contributed by atoms with Crippen LogP contribution in [0.25, 0.3) is 0 Å². The summed E-state index contributed by atoms with van der Waals surface area (Å²) in [6.45, 7) is 3.42. The van der Waals surface area contributed by atoms with Gasteiger partial charge < -0.3 is 25.4 Å². The summed E-state index contributed by atoms with van der Waals surface area (Å²) in [5, 5.41) is 15.5. The van der Waals surface area contributed by atoms with Crippen LogP contribution in [0.2, 0.25) is 5.02 Å². The molecule has 3 aromatic rings. The van der Waals surface area contributed by atoms with E-state index in [0.717, 1.165) is 0 Å². The van der Waals surface area contributed by atoms with Gasteiger partial charge in [-0.05, 0) is 73.7 Å². The number of hydrogen-bond donors (Lipinski definition) is 3. The molecule has 3 aromatic carbocycles. The molecule has 3 atom stereocenters. The number of carbonyl (C=O) groups is 2. The van der Waals surface area contributed by atoms with Gasteiger partial charge in [0, 0.05) is 35.9 Å². The number of anilines is 2. The molecule has 3 N–H and O–H groups in total. The molecule has 224 valence electrons. The van der Waals surface area contributed by atoms with Crippen LogP contribution in [0.5, 0.6) is 5.75 Å². The lowest BCUT2D eigenvalue weighted by atomic mass is 9.99. The van der Waals surface area contributed by atoms with Crippen molar-refractivity contribution in [3.63, 3.8) is 0 Å². The fourth-order valence-corrected chi connectivity index (χ4v) is 5.79. The second-order valence-corrected chi connectivity index (χ2v) is 12.6. The standard InChI is InChI=1S/C29H32ClFN4O6S/c1-18-15-35(19(2)17-36)28(37)25-14-23(33-29(38)32-22-8-6-21(31)7-9-22)10-13-26(25)41-27(18)16-34(3)42(39,40)24-11-4-20(30)5-12-24/h4-14,18-19,27,36H,15-17H2,1-3H3,(H2,32,33,38)/t18-,19+,27+/m1/s1. The monoisotopic (exact) mass is 618 g/mol. The first-order chi connectivity index (χ1) is 19.9. The van der Waals surface area contributed by atoms with E-state index >= 15 is 0 Å². The van der Waals surface area contributed by atoms with Gasteiger partial charge in [0.15, 0.2) is 0 Å². The third-order valence-corrected chi connectivity index (χ3v) is 9.07. The highest BCUT2D eigenvalue weighted by atomic mass is 35.5. The van der Waals surface area contributed by atoms with E-state index in [4.69, 9.17) is 16.3 Å². The highest BCUT2D eigenvalue weighted by Crippen LogP contribution is 2.31. The van der Waals surface area contributed by atoms with Crippen molar-refractivity contribution in [1.82, 2.24) is 9.21 Å². The van der Waals surface area contributed by atoms with Crippen LogP contribution in [0, 0.1) is 11.7 Å². The molecule has 0 saturated heterocycles. The molecule has 1 aliphatic heterocycles. The first-order valence-corrected chi connectivity index (χ1v) is 15.0. The number of hydrogen-bond acceptors (Lipinski definition) is 6. The van der Waals surface area contributed by atoms with Gasteiger partial charge in [-0.15, -0.1) is 0 Å². The van der Waals surface area contributed by atoms with Gasteiger partial charge in [0.1, 0.15) is 17.7 Å². The topological polar surface area (TPSA) is 128 Å². The van der Waals surface area contributed by atoms with E-state index in [-0.39, 0.29) is 47.5 Å². The number of nitrogens with zero attached hydrogens (tertiary/aromatic N) is 2. The number of aliphatic hydroxyl groups excluding tert-OH is 1. The molecule has 1 aliphatic rings. The molecule has 0 spiro atoms. The number of nitrogens with one attached hydrogen (secondary N) is 2. The van der Waals surface area contributed by atoms with Crippen molar-refractivity contribution < 1.29 is 32.2 Å². The number of urea groups is 1. The Bertz CT molecular complexity index is 1540. The molecule has 1 heterocycles. The number of fused-ring (bicyclic) bond motifs is 1. The number of rotatable bonds is 8. The van der Waals surface area contributed by atoms with Crippen LogP contribution in [0.15, 0.2) is 71.6 Å². The van der Waals surface area contributed by atoms with Gasteiger partial charge in [0.25, 0.3) is 5.91 Å². The van der Waals surface area contributed by atoms with Crippen LogP contribution in [-0.4, -0.2) is 73.6 Å². The summed E-state index contributed by atoms with van der Waals surface area (Å²) in [7, 11) is -2.42. The van der Waals surface area contributed by atoms with Gasteiger partial charge in [-0.25, -0.2) is 17.6 Å². The van der Waals surface area contributed by atoms with Crippen LogP contribution in [0.3, 0.4) is 0 Å². The fourth-order valence-electron chi connectivity index (χ4n) is 4.48. The molecule has 42 heavy (non-hydrogen) atoms. The van der Waals surface area contributed by atoms with Crippen molar-refractivity contribution in [1.29, 1.82) is 0 Å². The van der Waals surface area contributed by atoms with Gasteiger partial charge >= 0.3 is 6.03 Å². The van der Waals surface area contributed by atoms with Crippen LogP contribution in [0.4, 0.5) is 20.6 Å². The van der Waals surface area contributed by atoms with Gasteiger partial charge in [-0.2, -0.15) is 4.31 Å². The second kappa shape index (κ2) is 13.1. The van der Waals surface area contributed by atoms with Crippen molar-refractivity contribution in [3.05, 3.63) is 83.1 Å². The summed E-state index contributed by atoms with van der Waals surface area (Å²) < 4.78 is 47.2. The van der Waals surface area contributed by atoms with E-state index in [1.54, 1.807) is 13.0 Å². The predicted octanol–water partition coefficient (Wildman–Crippen LogP) is 4.66. The number of carbonyl (C=O) groups excluding carboxylic acids is 2. The Labute approximate surface area is 249 Å². The molecule has 0 fully saturated rings. The molecule has 0 bridgehead atoms. The lowest BCUT2D eigenvalue weighted by Crippen LogP contribution is -2.50. The van der Waals surface area contributed by atoms with E-state index in [1.165, 1.54) is 76.9 Å². The van der Waals surface area contributed by atoms with Crippen molar-refractivity contribution in [2.45, 2.75) is 30.9 Å². The third kappa shape index (κ3) is 7.19. The SMILES string of the molecule is C[C@@H]1CN([C@@H](C)CO)C(=O)c2cc(NC(=O)Nc3ccc(F)cc3)ccc2O[C@H]1CN(C)S(=O)(=O)c1ccc(Cl)cc1. The van der Waals surface area contributed by atoms with Crippen LogP contribution in [0.1, 0.15) is 24.2 Å². The molecule has 4 rings (SSSR count). The largest absolute Gasteiger partial charge is 0.488 e. The van der Waals surface area contributed by atoms with Gasteiger partial charge in [0.05, 0.1) is 29.7 Å². The Kier molecular flexibility index (Phi) is 9.72. The molecule has 10 nitrogen and oxygen atoms in total. The van der Waals surface area contributed by atoms with Crippen molar-refractivity contribution >= 4 is 44.9 Å². The number of aliphatic hydroxyl groups is 1. The maximum Gasteiger partial charge on any atom is 0.323 e. The maximum absolute atomic E-state index is 13.7. The quantitative estimate of drug-likeness (QED) is 0.337. The Morgan fingerprint density at radius 3 is 2.38 bits per heavy atom. The Morgan fingerprint density at radius 2 is 1.74 bits per heavy atom. The molecular formula is C29H32ClFN4O6S. The molecular weight excluding hydrogens is 587 g/mol. The Morgan fingerprint density at radius 1 is 1.12 bits per heavy atom. The molecule has 0 unspecified atom stereocenters. The van der Waals surface area contributed by atoms with Crippen LogP contribution in [-0.2, 0) is 10.0 Å². The fraction of sp³-hybridized carbons (Fsp3) is 0.310.